The minimum absolute atomic E-state index is 0.0733. The SMILES string of the molecule is O=C(NC1C(O)CCN1C(=O)OCc1ccccc1)c1ccccc1O. The van der Waals surface area contributed by atoms with Crippen LogP contribution in [0, 0.1) is 0 Å². The number of aliphatic hydroxyl groups is 1. The fraction of sp³-hybridized carbons (Fsp3) is 0.263. The second kappa shape index (κ2) is 7.88. The molecule has 1 aliphatic heterocycles. The lowest BCUT2D eigenvalue weighted by atomic mass is 10.1. The van der Waals surface area contributed by atoms with E-state index in [-0.39, 0.29) is 24.5 Å². The number of benzene rings is 2. The van der Waals surface area contributed by atoms with Crippen LogP contribution in [0.4, 0.5) is 4.79 Å². The van der Waals surface area contributed by atoms with Crippen LogP contribution in [0.25, 0.3) is 0 Å². The van der Waals surface area contributed by atoms with Crippen LogP contribution in [0.2, 0.25) is 0 Å². The third-order valence-corrected chi connectivity index (χ3v) is 4.23. The van der Waals surface area contributed by atoms with Gasteiger partial charge in [0.25, 0.3) is 5.91 Å². The van der Waals surface area contributed by atoms with Crippen LogP contribution in [-0.2, 0) is 11.3 Å². The number of carbonyl (C=O) groups excluding carboxylic acids is 2. The largest absolute Gasteiger partial charge is 0.507 e. The molecule has 0 aliphatic carbocycles. The van der Waals surface area contributed by atoms with Crippen molar-refractivity contribution in [3.05, 3.63) is 65.7 Å². The van der Waals surface area contributed by atoms with Gasteiger partial charge < -0.3 is 20.3 Å². The lowest BCUT2D eigenvalue weighted by molar-refractivity contribution is 0.0546. The molecule has 0 spiro atoms. The molecule has 2 aromatic carbocycles. The van der Waals surface area contributed by atoms with Crippen molar-refractivity contribution in [2.24, 2.45) is 0 Å². The smallest absolute Gasteiger partial charge is 0.411 e. The zero-order valence-corrected chi connectivity index (χ0v) is 14.0. The minimum Gasteiger partial charge on any atom is -0.507 e. The number of ether oxygens (including phenoxy) is 1. The van der Waals surface area contributed by atoms with Crippen molar-refractivity contribution in [2.45, 2.75) is 25.3 Å². The molecule has 1 aliphatic rings. The lowest BCUT2D eigenvalue weighted by Crippen LogP contribution is -2.51. The number of hydrogen-bond donors (Lipinski definition) is 3. The zero-order valence-electron chi connectivity index (χ0n) is 14.0. The van der Waals surface area contributed by atoms with Crippen molar-refractivity contribution in [3.8, 4) is 5.75 Å². The van der Waals surface area contributed by atoms with Gasteiger partial charge in [-0.15, -0.1) is 0 Å². The molecule has 7 heteroatoms. The van der Waals surface area contributed by atoms with Gasteiger partial charge >= 0.3 is 6.09 Å². The maximum atomic E-state index is 12.4. The molecule has 1 saturated heterocycles. The highest BCUT2D eigenvalue weighted by Crippen LogP contribution is 2.20. The summed E-state index contributed by atoms with van der Waals surface area (Å²) < 4.78 is 5.28. The average molecular weight is 356 g/mol. The summed E-state index contributed by atoms with van der Waals surface area (Å²) in [5.41, 5.74) is 0.916. The van der Waals surface area contributed by atoms with Crippen molar-refractivity contribution in [3.63, 3.8) is 0 Å². The van der Waals surface area contributed by atoms with E-state index in [1.165, 1.54) is 17.0 Å². The summed E-state index contributed by atoms with van der Waals surface area (Å²) in [6.07, 6.45) is -2.11. The van der Waals surface area contributed by atoms with Crippen LogP contribution >= 0.6 is 0 Å². The number of amides is 2. The van der Waals surface area contributed by atoms with Crippen molar-refractivity contribution in [1.29, 1.82) is 0 Å². The second-order valence-electron chi connectivity index (χ2n) is 6.03. The Morgan fingerprint density at radius 2 is 1.81 bits per heavy atom. The number of aliphatic hydroxyl groups excluding tert-OH is 1. The molecule has 26 heavy (non-hydrogen) atoms. The van der Waals surface area contributed by atoms with Gasteiger partial charge in [0.15, 0.2) is 0 Å². The van der Waals surface area contributed by atoms with Crippen LogP contribution in [0.15, 0.2) is 54.6 Å². The Bertz CT molecular complexity index is 781. The molecule has 0 bridgehead atoms. The first-order valence-electron chi connectivity index (χ1n) is 8.30. The molecule has 3 rings (SSSR count). The van der Waals surface area contributed by atoms with Gasteiger partial charge in [-0.2, -0.15) is 0 Å². The molecule has 2 amide bonds. The van der Waals surface area contributed by atoms with Crippen molar-refractivity contribution >= 4 is 12.0 Å². The minimum atomic E-state index is -0.912. The van der Waals surface area contributed by atoms with Gasteiger partial charge in [0.2, 0.25) is 0 Å². The van der Waals surface area contributed by atoms with Gasteiger partial charge in [-0.1, -0.05) is 42.5 Å². The molecule has 136 valence electrons. The summed E-state index contributed by atoms with van der Waals surface area (Å²) in [6.45, 7) is 0.368. The summed E-state index contributed by atoms with van der Waals surface area (Å²) in [5.74, 6) is -0.745. The number of para-hydroxylation sites is 1. The molecule has 0 aromatic heterocycles. The van der Waals surface area contributed by atoms with E-state index in [1.54, 1.807) is 12.1 Å². The Hall–Kier alpha value is -3.06. The van der Waals surface area contributed by atoms with Gasteiger partial charge in [0, 0.05) is 6.54 Å². The molecule has 7 nitrogen and oxygen atoms in total. The molecule has 3 N–H and O–H groups in total. The van der Waals surface area contributed by atoms with Crippen LogP contribution in [-0.4, -0.2) is 45.9 Å². The van der Waals surface area contributed by atoms with E-state index in [2.05, 4.69) is 5.32 Å². The highest BCUT2D eigenvalue weighted by Gasteiger charge is 2.38. The molecule has 2 unspecified atom stereocenters. The van der Waals surface area contributed by atoms with Gasteiger partial charge in [-0.25, -0.2) is 4.79 Å². The molecule has 0 radical (unpaired) electrons. The third kappa shape index (κ3) is 3.94. The molecule has 2 atom stereocenters. The van der Waals surface area contributed by atoms with Crippen LogP contribution in [0.5, 0.6) is 5.75 Å². The first-order valence-corrected chi connectivity index (χ1v) is 8.30. The maximum Gasteiger partial charge on any atom is 0.411 e. The lowest BCUT2D eigenvalue weighted by Gasteiger charge is -2.26. The van der Waals surface area contributed by atoms with E-state index < -0.39 is 24.3 Å². The van der Waals surface area contributed by atoms with Gasteiger partial charge in [0.05, 0.1) is 11.7 Å². The van der Waals surface area contributed by atoms with Gasteiger partial charge in [-0.05, 0) is 24.1 Å². The molecular weight excluding hydrogens is 336 g/mol. The quantitative estimate of drug-likeness (QED) is 0.776. The van der Waals surface area contributed by atoms with Crippen LogP contribution in [0.3, 0.4) is 0 Å². The summed E-state index contributed by atoms with van der Waals surface area (Å²) in [6, 6.07) is 15.3. The van der Waals surface area contributed by atoms with Crippen molar-refractivity contribution in [1.82, 2.24) is 10.2 Å². The number of hydrogen-bond acceptors (Lipinski definition) is 5. The Balaban J connectivity index is 1.64. The number of likely N-dealkylation sites (tertiary alicyclic amines) is 1. The highest BCUT2D eigenvalue weighted by molar-refractivity contribution is 5.97. The molecular formula is C19H20N2O5. The Kier molecular flexibility index (Phi) is 5.38. The Morgan fingerprint density at radius 3 is 2.54 bits per heavy atom. The number of nitrogens with zero attached hydrogens (tertiary/aromatic N) is 1. The summed E-state index contributed by atoms with van der Waals surface area (Å²) in [4.78, 5) is 26.0. The summed E-state index contributed by atoms with van der Waals surface area (Å²) in [7, 11) is 0. The van der Waals surface area contributed by atoms with Gasteiger partial charge in [-0.3, -0.25) is 9.69 Å². The predicted molar refractivity (Wildman–Crippen MR) is 93.3 cm³/mol. The Labute approximate surface area is 150 Å². The number of aromatic hydroxyl groups is 1. The normalized spacial score (nSPS) is 19.2. The first-order chi connectivity index (χ1) is 12.6. The van der Waals surface area contributed by atoms with E-state index >= 15 is 0 Å². The first kappa shape index (κ1) is 17.8. The van der Waals surface area contributed by atoms with E-state index in [0.29, 0.717) is 6.42 Å². The monoisotopic (exact) mass is 356 g/mol. The van der Waals surface area contributed by atoms with Gasteiger partial charge in [0.1, 0.15) is 18.5 Å². The van der Waals surface area contributed by atoms with E-state index in [1.807, 2.05) is 30.3 Å². The molecule has 0 saturated carbocycles. The highest BCUT2D eigenvalue weighted by atomic mass is 16.6. The Morgan fingerprint density at radius 1 is 1.12 bits per heavy atom. The van der Waals surface area contributed by atoms with E-state index in [9.17, 15) is 19.8 Å². The predicted octanol–water partition coefficient (Wildman–Crippen LogP) is 1.85. The number of nitrogens with one attached hydrogen (secondary N) is 1. The second-order valence-corrected chi connectivity index (χ2v) is 6.03. The molecule has 1 fully saturated rings. The van der Waals surface area contributed by atoms with Crippen LogP contribution < -0.4 is 5.32 Å². The molecule has 2 aromatic rings. The maximum absolute atomic E-state index is 12.4. The number of carbonyl (C=O) groups is 2. The fourth-order valence-electron chi connectivity index (χ4n) is 2.83. The fourth-order valence-corrected chi connectivity index (χ4v) is 2.83. The number of phenols is 1. The third-order valence-electron chi connectivity index (χ3n) is 4.23. The van der Waals surface area contributed by atoms with Crippen molar-refractivity contribution < 1.29 is 24.5 Å². The standard InChI is InChI=1S/C19H20N2O5/c22-15-9-5-4-8-14(15)18(24)20-17-16(23)10-11-21(17)19(25)26-12-13-6-2-1-3-7-13/h1-9,16-17,22-23H,10-12H2,(H,20,24). The topological polar surface area (TPSA) is 99.1 Å². The average Bonchev–Trinajstić information content (AvgIpc) is 3.01. The van der Waals surface area contributed by atoms with E-state index in [0.717, 1.165) is 5.56 Å². The van der Waals surface area contributed by atoms with E-state index in [4.69, 9.17) is 4.74 Å². The van der Waals surface area contributed by atoms with Crippen molar-refractivity contribution in [2.75, 3.05) is 6.54 Å². The van der Waals surface area contributed by atoms with Crippen LogP contribution in [0.1, 0.15) is 22.3 Å². The summed E-state index contributed by atoms with van der Waals surface area (Å²) >= 11 is 0. The number of phenolic OH excluding ortho intramolecular Hbond substituents is 1. The number of rotatable bonds is 4. The molecule has 1 heterocycles. The summed E-state index contributed by atoms with van der Waals surface area (Å²) in [5, 5.41) is 22.5. The zero-order chi connectivity index (χ0) is 18.5.